The lowest BCUT2D eigenvalue weighted by Gasteiger charge is -2.32. The van der Waals surface area contributed by atoms with Crippen molar-refractivity contribution < 1.29 is 18.0 Å². The molecule has 0 unspecified atom stereocenters. The second-order valence-electron chi connectivity index (χ2n) is 7.88. The van der Waals surface area contributed by atoms with E-state index in [0.717, 1.165) is 23.4 Å². The largest absolute Gasteiger partial charge is 0.354 e. The van der Waals surface area contributed by atoms with Crippen LogP contribution in [-0.2, 0) is 26.2 Å². The van der Waals surface area contributed by atoms with Gasteiger partial charge in [0.25, 0.3) is 0 Å². The topological polar surface area (TPSA) is 86.8 Å². The molecule has 0 aliphatic rings. The number of rotatable bonds is 11. The predicted octanol–water partition coefficient (Wildman–Crippen LogP) is 5.40. The monoisotopic (exact) mass is 581 g/mol. The van der Waals surface area contributed by atoms with Crippen molar-refractivity contribution in [3.63, 3.8) is 0 Å². The van der Waals surface area contributed by atoms with E-state index >= 15 is 0 Å². The zero-order valence-electron chi connectivity index (χ0n) is 19.5. The minimum atomic E-state index is -3.95. The number of hydrogen-bond acceptors (Lipinski definition) is 4. The van der Waals surface area contributed by atoms with Gasteiger partial charge in [0.1, 0.15) is 12.6 Å². The van der Waals surface area contributed by atoms with Crippen LogP contribution < -0.4 is 9.62 Å². The van der Waals surface area contributed by atoms with Gasteiger partial charge in [-0.15, -0.1) is 0 Å². The molecule has 35 heavy (non-hydrogen) atoms. The van der Waals surface area contributed by atoms with Crippen LogP contribution in [0, 0.1) is 0 Å². The summed E-state index contributed by atoms with van der Waals surface area (Å²) in [5, 5.41) is 3.54. The van der Waals surface area contributed by atoms with Crippen LogP contribution in [0.15, 0.2) is 36.4 Å². The average Bonchev–Trinajstić information content (AvgIpc) is 2.78. The van der Waals surface area contributed by atoms with Crippen LogP contribution in [0.1, 0.15) is 32.3 Å². The van der Waals surface area contributed by atoms with Crippen LogP contribution in [0.25, 0.3) is 0 Å². The highest BCUT2D eigenvalue weighted by Gasteiger charge is 2.31. The van der Waals surface area contributed by atoms with Crippen molar-refractivity contribution in [1.82, 2.24) is 10.2 Å². The van der Waals surface area contributed by atoms with Crippen molar-refractivity contribution in [1.29, 1.82) is 0 Å². The summed E-state index contributed by atoms with van der Waals surface area (Å²) < 4.78 is 26.1. The number of benzene rings is 2. The normalized spacial score (nSPS) is 12.2. The lowest BCUT2D eigenvalue weighted by molar-refractivity contribution is -0.139. The molecule has 1 atom stereocenters. The molecule has 0 aliphatic carbocycles. The first-order chi connectivity index (χ1) is 16.4. The molecule has 0 radical (unpaired) electrons. The maximum absolute atomic E-state index is 13.6. The molecule has 1 N–H and O–H groups in total. The van der Waals surface area contributed by atoms with Gasteiger partial charge in [-0.3, -0.25) is 13.9 Å². The first-order valence-electron chi connectivity index (χ1n) is 10.8. The number of carbonyl (C=O) groups excluding carboxylic acids is 2. The van der Waals surface area contributed by atoms with E-state index in [1.54, 1.807) is 25.1 Å². The Kier molecular flexibility index (Phi) is 11.0. The zero-order valence-corrected chi connectivity index (χ0v) is 23.4. The number of hydrogen-bond donors (Lipinski definition) is 1. The molecule has 2 amide bonds. The van der Waals surface area contributed by atoms with E-state index in [1.807, 2.05) is 6.92 Å². The summed E-state index contributed by atoms with van der Waals surface area (Å²) in [5.74, 6) is -1.04. The number of amides is 2. The van der Waals surface area contributed by atoms with Gasteiger partial charge in [0.05, 0.1) is 22.0 Å². The van der Waals surface area contributed by atoms with Crippen molar-refractivity contribution in [3.05, 3.63) is 62.1 Å². The van der Waals surface area contributed by atoms with E-state index in [-0.39, 0.29) is 28.2 Å². The number of halogens is 4. The minimum absolute atomic E-state index is 0.0153. The molecule has 0 aromatic heterocycles. The number of anilines is 1. The fourth-order valence-corrected chi connectivity index (χ4v) is 5.07. The van der Waals surface area contributed by atoms with Crippen molar-refractivity contribution in [2.45, 2.75) is 39.3 Å². The van der Waals surface area contributed by atoms with Crippen molar-refractivity contribution in [3.8, 4) is 0 Å². The maximum Gasteiger partial charge on any atom is 0.244 e. The van der Waals surface area contributed by atoms with E-state index in [2.05, 4.69) is 5.32 Å². The lowest BCUT2D eigenvalue weighted by atomic mass is 10.1. The molecule has 0 saturated heterocycles. The van der Waals surface area contributed by atoms with Crippen molar-refractivity contribution >= 4 is 73.9 Å². The van der Waals surface area contributed by atoms with Crippen LogP contribution in [0.5, 0.6) is 0 Å². The fraction of sp³-hybridized carbons (Fsp3) is 0.391. The Labute approximate surface area is 226 Å². The molecule has 2 aromatic carbocycles. The summed E-state index contributed by atoms with van der Waals surface area (Å²) in [6.07, 6.45) is 2.61. The molecule has 7 nitrogen and oxygen atoms in total. The lowest BCUT2D eigenvalue weighted by Crippen LogP contribution is -2.51. The Hall–Kier alpha value is -1.71. The van der Waals surface area contributed by atoms with Gasteiger partial charge in [-0.1, -0.05) is 71.9 Å². The molecule has 2 aromatic rings. The van der Waals surface area contributed by atoms with Gasteiger partial charge in [-0.05, 0) is 37.6 Å². The second kappa shape index (κ2) is 13.0. The third kappa shape index (κ3) is 7.89. The molecule has 192 valence electrons. The Balaban J connectivity index is 2.45. The molecule has 0 spiro atoms. The summed E-state index contributed by atoms with van der Waals surface area (Å²) >= 11 is 25.0. The second-order valence-corrected chi connectivity index (χ2v) is 11.4. The highest BCUT2D eigenvalue weighted by Crippen LogP contribution is 2.34. The first-order valence-corrected chi connectivity index (χ1v) is 14.2. The van der Waals surface area contributed by atoms with Gasteiger partial charge in [0.15, 0.2) is 0 Å². The number of unbranched alkanes of at least 4 members (excludes halogenated alkanes) is 1. The zero-order chi connectivity index (χ0) is 26.3. The quantitative estimate of drug-likeness (QED) is 0.359. The molecule has 0 bridgehead atoms. The minimum Gasteiger partial charge on any atom is -0.354 e. The van der Waals surface area contributed by atoms with Crippen LogP contribution in [0.4, 0.5) is 5.69 Å². The molecule has 12 heteroatoms. The summed E-state index contributed by atoms with van der Waals surface area (Å²) in [5.41, 5.74) is 0.481. The van der Waals surface area contributed by atoms with Crippen LogP contribution in [0.3, 0.4) is 0 Å². The van der Waals surface area contributed by atoms with E-state index in [4.69, 9.17) is 46.4 Å². The third-order valence-electron chi connectivity index (χ3n) is 5.27. The molecular weight excluding hydrogens is 556 g/mol. The van der Waals surface area contributed by atoms with Crippen LogP contribution in [-0.4, -0.2) is 50.5 Å². The van der Waals surface area contributed by atoms with E-state index in [1.165, 1.54) is 23.1 Å². The van der Waals surface area contributed by atoms with Gasteiger partial charge in [0, 0.05) is 28.7 Å². The SMILES string of the molecule is CCCCNC(=O)[C@@H](C)N(Cc1c(Cl)cccc1Cl)C(=O)CN(c1cccc(Cl)c1Cl)S(C)(=O)=O. The molecular formula is C23H27Cl4N3O4S. The first kappa shape index (κ1) is 29.5. The summed E-state index contributed by atoms with van der Waals surface area (Å²) in [7, 11) is -3.95. The molecule has 0 heterocycles. The third-order valence-corrected chi connectivity index (χ3v) is 7.91. The number of carbonyl (C=O) groups is 2. The van der Waals surface area contributed by atoms with E-state index in [0.29, 0.717) is 22.2 Å². The highest BCUT2D eigenvalue weighted by molar-refractivity contribution is 7.92. The van der Waals surface area contributed by atoms with Crippen LogP contribution in [0.2, 0.25) is 20.1 Å². The van der Waals surface area contributed by atoms with Crippen molar-refractivity contribution in [2.75, 3.05) is 23.7 Å². The smallest absolute Gasteiger partial charge is 0.244 e. The molecule has 0 fully saturated rings. The van der Waals surface area contributed by atoms with Gasteiger partial charge >= 0.3 is 0 Å². The number of sulfonamides is 1. The Bertz CT molecular complexity index is 1160. The van der Waals surface area contributed by atoms with Gasteiger partial charge in [-0.2, -0.15) is 0 Å². The van der Waals surface area contributed by atoms with E-state index in [9.17, 15) is 18.0 Å². The fourth-order valence-electron chi connectivity index (χ4n) is 3.25. The molecule has 0 aliphatic heterocycles. The Morgan fingerprint density at radius 2 is 1.57 bits per heavy atom. The average molecular weight is 583 g/mol. The van der Waals surface area contributed by atoms with Crippen molar-refractivity contribution in [2.24, 2.45) is 0 Å². The molecule has 2 rings (SSSR count). The maximum atomic E-state index is 13.6. The van der Waals surface area contributed by atoms with E-state index < -0.39 is 28.5 Å². The summed E-state index contributed by atoms with van der Waals surface area (Å²) in [6, 6.07) is 8.43. The summed E-state index contributed by atoms with van der Waals surface area (Å²) in [4.78, 5) is 27.6. The van der Waals surface area contributed by atoms with Crippen LogP contribution >= 0.6 is 46.4 Å². The van der Waals surface area contributed by atoms with Gasteiger partial charge in [0.2, 0.25) is 21.8 Å². The Morgan fingerprint density at radius 1 is 1.00 bits per heavy atom. The standard InChI is InChI=1S/C23H27Cl4N3O4S/c1-4-5-12-28-23(32)15(2)29(13-16-17(24)8-6-9-18(16)25)21(31)14-30(35(3,33)34)20-11-7-10-19(26)22(20)27/h6-11,15H,4-5,12-14H2,1-3H3,(H,28,32)/t15-/m1/s1. The highest BCUT2D eigenvalue weighted by atomic mass is 35.5. The number of nitrogens with one attached hydrogen (secondary N) is 1. The predicted molar refractivity (Wildman–Crippen MR) is 143 cm³/mol. The van der Waals surface area contributed by atoms with Gasteiger partial charge < -0.3 is 10.2 Å². The number of nitrogens with zero attached hydrogens (tertiary/aromatic N) is 2. The summed E-state index contributed by atoms with van der Waals surface area (Å²) in [6.45, 7) is 3.27. The Morgan fingerprint density at radius 3 is 2.14 bits per heavy atom. The molecule has 0 saturated carbocycles. The van der Waals surface area contributed by atoms with Gasteiger partial charge in [-0.25, -0.2) is 8.42 Å².